The third-order valence-electron chi connectivity index (χ3n) is 2.54. The minimum Gasteiger partial charge on any atom is -0.419 e. The van der Waals surface area contributed by atoms with E-state index in [9.17, 15) is 0 Å². The largest absolute Gasteiger partial charge is 0.419 e. The van der Waals surface area contributed by atoms with Gasteiger partial charge < -0.3 is 10.2 Å². The first kappa shape index (κ1) is 9.95. The van der Waals surface area contributed by atoms with Gasteiger partial charge in [0.15, 0.2) is 0 Å². The first-order valence-corrected chi connectivity index (χ1v) is 6.03. The second-order valence-corrected chi connectivity index (χ2v) is 4.88. The first-order valence-electron chi connectivity index (χ1n) is 5.15. The lowest BCUT2D eigenvalue weighted by Crippen LogP contribution is -2.54. The van der Waals surface area contributed by atoms with Crippen molar-refractivity contribution in [3.63, 3.8) is 0 Å². The average molecular weight is 236 g/mol. The lowest BCUT2D eigenvalue weighted by atomic mass is 10.1. The molecule has 0 bridgehead atoms. The predicted octanol–water partition coefficient (Wildman–Crippen LogP) is 0.941. The lowest BCUT2D eigenvalue weighted by molar-refractivity contribution is 0.129. The van der Waals surface area contributed by atoms with Crippen molar-refractivity contribution in [2.45, 2.75) is 12.6 Å². The van der Waals surface area contributed by atoms with Crippen molar-refractivity contribution in [3.05, 3.63) is 23.4 Å². The predicted molar refractivity (Wildman–Crippen MR) is 60.9 cm³/mol. The standard InChI is InChI=1S/C10H12N4OS/c11-7-4-14(5-7)6-9-12-13-10(15-9)8-2-1-3-16-8/h1-3,7H,4-6,11H2. The number of nitrogens with two attached hydrogens (primary N) is 1. The molecule has 0 atom stereocenters. The van der Waals surface area contributed by atoms with E-state index in [1.165, 1.54) is 0 Å². The highest BCUT2D eigenvalue weighted by molar-refractivity contribution is 7.13. The van der Waals surface area contributed by atoms with Gasteiger partial charge in [-0.2, -0.15) is 0 Å². The Kier molecular flexibility index (Phi) is 2.47. The van der Waals surface area contributed by atoms with Crippen molar-refractivity contribution in [2.24, 2.45) is 5.73 Å². The first-order chi connectivity index (χ1) is 7.81. The van der Waals surface area contributed by atoms with Crippen LogP contribution >= 0.6 is 11.3 Å². The molecule has 0 aliphatic carbocycles. The second-order valence-electron chi connectivity index (χ2n) is 3.93. The lowest BCUT2D eigenvalue weighted by Gasteiger charge is -2.35. The smallest absolute Gasteiger partial charge is 0.257 e. The molecule has 1 aliphatic heterocycles. The summed E-state index contributed by atoms with van der Waals surface area (Å²) in [6.45, 7) is 2.53. The van der Waals surface area contributed by atoms with Crippen LogP contribution in [-0.2, 0) is 6.54 Å². The molecule has 6 heteroatoms. The number of aromatic nitrogens is 2. The van der Waals surface area contributed by atoms with Crippen molar-refractivity contribution in [1.82, 2.24) is 15.1 Å². The Balaban J connectivity index is 1.69. The molecule has 16 heavy (non-hydrogen) atoms. The van der Waals surface area contributed by atoms with Gasteiger partial charge in [-0.3, -0.25) is 4.90 Å². The van der Waals surface area contributed by atoms with Crippen molar-refractivity contribution >= 4 is 11.3 Å². The maximum absolute atomic E-state index is 5.70. The van der Waals surface area contributed by atoms with E-state index in [0.717, 1.165) is 18.0 Å². The van der Waals surface area contributed by atoms with Crippen molar-refractivity contribution in [1.29, 1.82) is 0 Å². The maximum Gasteiger partial charge on any atom is 0.257 e. The topological polar surface area (TPSA) is 68.2 Å². The Morgan fingerprint density at radius 1 is 1.50 bits per heavy atom. The summed E-state index contributed by atoms with van der Waals surface area (Å²) in [6, 6.07) is 4.25. The van der Waals surface area contributed by atoms with Crippen LogP contribution in [0, 0.1) is 0 Å². The molecule has 0 aromatic carbocycles. The highest BCUT2D eigenvalue weighted by Crippen LogP contribution is 2.23. The van der Waals surface area contributed by atoms with Crippen LogP contribution < -0.4 is 5.73 Å². The van der Waals surface area contributed by atoms with Gasteiger partial charge in [-0.1, -0.05) is 6.07 Å². The van der Waals surface area contributed by atoms with Gasteiger partial charge in [-0.15, -0.1) is 21.5 Å². The molecule has 0 saturated carbocycles. The van der Waals surface area contributed by atoms with Gasteiger partial charge in [0.25, 0.3) is 5.89 Å². The number of likely N-dealkylation sites (tertiary alicyclic amines) is 1. The SMILES string of the molecule is NC1CN(Cc2nnc(-c3cccs3)o2)C1. The van der Waals surface area contributed by atoms with Crippen LogP contribution in [0.5, 0.6) is 0 Å². The number of thiophene rings is 1. The Morgan fingerprint density at radius 2 is 2.38 bits per heavy atom. The highest BCUT2D eigenvalue weighted by atomic mass is 32.1. The molecule has 1 fully saturated rings. The Morgan fingerprint density at radius 3 is 3.06 bits per heavy atom. The molecule has 3 rings (SSSR count). The molecule has 0 amide bonds. The fourth-order valence-corrected chi connectivity index (χ4v) is 2.39. The van der Waals surface area contributed by atoms with E-state index in [4.69, 9.17) is 10.2 Å². The zero-order valence-corrected chi connectivity index (χ0v) is 9.48. The molecule has 3 heterocycles. The summed E-state index contributed by atoms with van der Waals surface area (Å²) in [7, 11) is 0. The maximum atomic E-state index is 5.70. The Labute approximate surface area is 96.9 Å². The van der Waals surface area contributed by atoms with Gasteiger partial charge >= 0.3 is 0 Å². The van der Waals surface area contributed by atoms with Crippen molar-refractivity contribution in [2.75, 3.05) is 13.1 Å². The van der Waals surface area contributed by atoms with Crippen molar-refractivity contribution < 1.29 is 4.42 Å². The summed E-state index contributed by atoms with van der Waals surface area (Å²) in [5.41, 5.74) is 5.70. The van der Waals surface area contributed by atoms with Crippen LogP contribution in [0.2, 0.25) is 0 Å². The van der Waals surface area contributed by atoms with Gasteiger partial charge in [0.2, 0.25) is 5.89 Å². The fraction of sp³-hybridized carbons (Fsp3) is 0.400. The van der Waals surface area contributed by atoms with Gasteiger partial charge in [0, 0.05) is 19.1 Å². The Hall–Kier alpha value is -1.24. The molecule has 1 aliphatic rings. The zero-order valence-electron chi connectivity index (χ0n) is 8.67. The molecule has 84 valence electrons. The van der Waals surface area contributed by atoms with E-state index in [-0.39, 0.29) is 0 Å². The molecule has 0 radical (unpaired) electrons. The summed E-state index contributed by atoms with van der Waals surface area (Å²) in [5.74, 6) is 1.27. The van der Waals surface area contributed by atoms with Crippen LogP contribution in [0.15, 0.2) is 21.9 Å². The van der Waals surface area contributed by atoms with Crippen LogP contribution in [0.3, 0.4) is 0 Å². The highest BCUT2D eigenvalue weighted by Gasteiger charge is 2.24. The minimum atomic E-state index is 0.305. The third-order valence-corrected chi connectivity index (χ3v) is 3.40. The molecule has 1 saturated heterocycles. The normalized spacial score (nSPS) is 17.6. The van der Waals surface area contributed by atoms with Crippen LogP contribution in [0.25, 0.3) is 10.8 Å². The summed E-state index contributed by atoms with van der Waals surface area (Å²) >= 11 is 1.60. The molecule has 2 aromatic heterocycles. The third kappa shape index (κ3) is 1.87. The molecular weight excluding hydrogens is 224 g/mol. The number of hydrogen-bond acceptors (Lipinski definition) is 6. The summed E-state index contributed by atoms with van der Waals surface area (Å²) < 4.78 is 5.58. The molecule has 5 nitrogen and oxygen atoms in total. The van der Waals surface area contributed by atoms with E-state index in [2.05, 4.69) is 15.1 Å². The average Bonchev–Trinajstić information content (AvgIpc) is 2.84. The van der Waals surface area contributed by atoms with E-state index >= 15 is 0 Å². The summed E-state index contributed by atoms with van der Waals surface area (Å²) in [5, 5.41) is 10.0. The molecule has 0 unspecified atom stereocenters. The van der Waals surface area contributed by atoms with Crippen LogP contribution in [-0.4, -0.2) is 34.2 Å². The molecule has 2 aromatic rings. The summed E-state index contributed by atoms with van der Waals surface area (Å²) in [4.78, 5) is 3.20. The van der Waals surface area contributed by atoms with Gasteiger partial charge in [-0.05, 0) is 11.4 Å². The second kappa shape index (κ2) is 3.97. The molecular formula is C10H12N4OS. The number of rotatable bonds is 3. The van der Waals surface area contributed by atoms with Gasteiger partial charge in [0.05, 0.1) is 11.4 Å². The van der Waals surface area contributed by atoms with E-state index in [1.54, 1.807) is 11.3 Å². The van der Waals surface area contributed by atoms with Crippen LogP contribution in [0.4, 0.5) is 0 Å². The number of hydrogen-bond donors (Lipinski definition) is 1. The monoisotopic (exact) mass is 236 g/mol. The van der Waals surface area contributed by atoms with Gasteiger partial charge in [0.1, 0.15) is 0 Å². The van der Waals surface area contributed by atoms with Crippen LogP contribution in [0.1, 0.15) is 5.89 Å². The van der Waals surface area contributed by atoms with E-state index in [1.807, 2.05) is 17.5 Å². The minimum absolute atomic E-state index is 0.305. The van der Waals surface area contributed by atoms with Crippen molar-refractivity contribution in [3.8, 4) is 10.8 Å². The quantitative estimate of drug-likeness (QED) is 0.859. The molecule has 2 N–H and O–H groups in total. The Bertz CT molecular complexity index is 461. The van der Waals surface area contributed by atoms with E-state index in [0.29, 0.717) is 24.4 Å². The van der Waals surface area contributed by atoms with E-state index < -0.39 is 0 Å². The number of nitrogens with zero attached hydrogens (tertiary/aromatic N) is 3. The zero-order chi connectivity index (χ0) is 11.0. The summed E-state index contributed by atoms with van der Waals surface area (Å²) in [6.07, 6.45) is 0. The molecule has 0 spiro atoms. The fourth-order valence-electron chi connectivity index (χ4n) is 1.75. The van der Waals surface area contributed by atoms with Gasteiger partial charge in [-0.25, -0.2) is 0 Å².